The van der Waals surface area contributed by atoms with Crippen molar-refractivity contribution in [3.63, 3.8) is 0 Å². The van der Waals surface area contributed by atoms with E-state index in [0.29, 0.717) is 5.70 Å². The fraction of sp³-hybridized carbons (Fsp3) is 0.462. The molecule has 0 aromatic heterocycles. The summed E-state index contributed by atoms with van der Waals surface area (Å²) in [4.78, 5) is 12.2. The normalized spacial score (nSPS) is 26.4. The minimum atomic E-state index is -0.960. The van der Waals surface area contributed by atoms with Crippen LogP contribution in [0.5, 0.6) is 0 Å². The smallest absolute Gasteiger partial charge is 0.321 e. The summed E-state index contributed by atoms with van der Waals surface area (Å²) in [6.45, 7) is 2.03. The van der Waals surface area contributed by atoms with Crippen LogP contribution in [0, 0.1) is 5.41 Å². The predicted molar refractivity (Wildman–Crippen MR) is 67.5 cm³/mol. The van der Waals surface area contributed by atoms with E-state index in [0.717, 1.165) is 18.4 Å². The van der Waals surface area contributed by atoms with Gasteiger partial charge in [-0.05, 0) is 12.5 Å². The Morgan fingerprint density at radius 3 is 3.06 bits per heavy atom. The lowest BCUT2D eigenvalue weighted by atomic mass is 9.69. The Kier molecular flexibility index (Phi) is 3.43. The maximum Gasteiger partial charge on any atom is 0.321 e. The molecule has 2 aliphatic rings. The van der Waals surface area contributed by atoms with Crippen LogP contribution in [-0.2, 0) is 9.53 Å². The third kappa shape index (κ3) is 1.71. The fourth-order valence-electron chi connectivity index (χ4n) is 2.45. The average Bonchev–Trinajstić information content (AvgIpc) is 2.86. The van der Waals surface area contributed by atoms with Gasteiger partial charge in [0.05, 0.1) is 19.0 Å². The molecule has 2 atom stereocenters. The summed E-state index contributed by atoms with van der Waals surface area (Å²) >= 11 is 0. The number of hydrogen-bond acceptors (Lipinski definition) is 5. The number of rotatable bonds is 4. The molecule has 0 aromatic rings. The van der Waals surface area contributed by atoms with Gasteiger partial charge in [0.25, 0.3) is 0 Å². The molecule has 18 heavy (non-hydrogen) atoms. The first-order valence-electron chi connectivity index (χ1n) is 6.02. The maximum atomic E-state index is 12.2. The van der Waals surface area contributed by atoms with Crippen molar-refractivity contribution in [3.8, 4) is 0 Å². The molecule has 0 fully saturated rings. The molecule has 0 saturated heterocycles. The summed E-state index contributed by atoms with van der Waals surface area (Å²) < 4.78 is 4.95. The highest BCUT2D eigenvalue weighted by atomic mass is 16.5. The zero-order valence-corrected chi connectivity index (χ0v) is 10.6. The van der Waals surface area contributed by atoms with Gasteiger partial charge in [0.15, 0.2) is 0 Å². The lowest BCUT2D eigenvalue weighted by Crippen LogP contribution is -2.49. The van der Waals surface area contributed by atoms with Crippen molar-refractivity contribution in [2.75, 3.05) is 7.11 Å². The Labute approximate surface area is 106 Å². The van der Waals surface area contributed by atoms with Gasteiger partial charge >= 0.3 is 5.97 Å². The predicted octanol–water partition coefficient (Wildman–Crippen LogP) is 2.08. The summed E-state index contributed by atoms with van der Waals surface area (Å²) in [7, 11) is 1.37. The molecule has 1 aliphatic heterocycles. The molecule has 5 heteroatoms. The highest BCUT2D eigenvalue weighted by molar-refractivity contribution is 5.86. The molecule has 0 bridgehead atoms. The first kappa shape index (κ1) is 12.7. The lowest BCUT2D eigenvalue weighted by molar-refractivity contribution is -0.148. The topological polar surface area (TPSA) is 77.0 Å². The molecule has 96 valence electrons. The van der Waals surface area contributed by atoms with Gasteiger partial charge in [-0.25, -0.2) is 0 Å². The Bertz CT molecular complexity index is 477. The van der Waals surface area contributed by atoms with Gasteiger partial charge in [0, 0.05) is 11.6 Å². The second-order valence-electron chi connectivity index (χ2n) is 4.43. The molecule has 0 radical (unpaired) electrons. The third-order valence-corrected chi connectivity index (χ3v) is 3.39. The number of fused-ring (bicyclic) bond motifs is 1. The van der Waals surface area contributed by atoms with Crippen molar-refractivity contribution < 1.29 is 9.53 Å². The lowest BCUT2D eigenvalue weighted by Gasteiger charge is -2.35. The standard InChI is InChI=1S/C13H17N3O2/c1-3-5-11(14)13(12(17)18-2)7-4-6-10-9(13)8-15-16-10/h4,6-8,11H,3,5,14H2,1-2H3. The van der Waals surface area contributed by atoms with Gasteiger partial charge in [-0.3, -0.25) is 4.79 Å². The number of carbonyl (C=O) groups excluding carboxylic acids is 1. The van der Waals surface area contributed by atoms with Crippen LogP contribution in [0.4, 0.5) is 0 Å². The van der Waals surface area contributed by atoms with E-state index < -0.39 is 5.41 Å². The van der Waals surface area contributed by atoms with E-state index in [1.54, 1.807) is 18.4 Å². The number of esters is 1. The number of nitrogens with zero attached hydrogens (tertiary/aromatic N) is 2. The molecule has 2 unspecified atom stereocenters. The number of methoxy groups -OCH3 is 1. The quantitative estimate of drug-likeness (QED) is 0.772. The Hall–Kier alpha value is -1.75. The molecule has 0 saturated carbocycles. The molecular formula is C13H17N3O2. The van der Waals surface area contributed by atoms with E-state index in [-0.39, 0.29) is 12.0 Å². The van der Waals surface area contributed by atoms with Crippen LogP contribution in [0.25, 0.3) is 0 Å². The molecule has 0 aromatic carbocycles. The number of azo groups is 1. The Morgan fingerprint density at radius 2 is 2.39 bits per heavy atom. The summed E-state index contributed by atoms with van der Waals surface area (Å²) in [5, 5.41) is 7.86. The molecule has 0 spiro atoms. The van der Waals surface area contributed by atoms with E-state index in [2.05, 4.69) is 10.2 Å². The van der Waals surface area contributed by atoms with Crippen molar-refractivity contribution in [1.82, 2.24) is 0 Å². The van der Waals surface area contributed by atoms with Gasteiger partial charge in [0.2, 0.25) is 0 Å². The number of hydrogen-bond donors (Lipinski definition) is 1. The molecule has 1 heterocycles. The van der Waals surface area contributed by atoms with Crippen LogP contribution in [0.2, 0.25) is 0 Å². The SMILES string of the molecule is CCCC(N)C1(C(=O)OC)C=CC=C2N=NC=C21. The minimum Gasteiger partial charge on any atom is -0.468 e. The Morgan fingerprint density at radius 1 is 1.61 bits per heavy atom. The molecule has 2 N–H and O–H groups in total. The van der Waals surface area contributed by atoms with Gasteiger partial charge in [-0.15, -0.1) is 0 Å². The van der Waals surface area contributed by atoms with Crippen LogP contribution in [0.15, 0.2) is 45.9 Å². The number of nitrogens with two attached hydrogens (primary N) is 1. The highest BCUT2D eigenvalue weighted by Crippen LogP contribution is 2.44. The number of allylic oxidation sites excluding steroid dienone is 3. The summed E-state index contributed by atoms with van der Waals surface area (Å²) in [5.74, 6) is -0.358. The van der Waals surface area contributed by atoms with Crippen LogP contribution < -0.4 is 5.73 Å². The van der Waals surface area contributed by atoms with E-state index in [9.17, 15) is 4.79 Å². The largest absolute Gasteiger partial charge is 0.468 e. The van der Waals surface area contributed by atoms with Crippen molar-refractivity contribution in [2.45, 2.75) is 25.8 Å². The zero-order chi connectivity index (χ0) is 13.2. The fourth-order valence-corrected chi connectivity index (χ4v) is 2.45. The van der Waals surface area contributed by atoms with Crippen LogP contribution in [-0.4, -0.2) is 19.1 Å². The molecule has 1 aliphatic carbocycles. The third-order valence-electron chi connectivity index (χ3n) is 3.39. The summed E-state index contributed by atoms with van der Waals surface area (Å²) in [6.07, 6.45) is 8.64. The van der Waals surface area contributed by atoms with Crippen LogP contribution in [0.3, 0.4) is 0 Å². The van der Waals surface area contributed by atoms with Crippen molar-refractivity contribution >= 4 is 5.97 Å². The van der Waals surface area contributed by atoms with Gasteiger partial charge in [0.1, 0.15) is 5.41 Å². The second kappa shape index (κ2) is 4.86. The first-order chi connectivity index (χ1) is 8.66. The molecule has 0 amide bonds. The van der Waals surface area contributed by atoms with Gasteiger partial charge in [-0.2, -0.15) is 10.2 Å². The highest BCUT2D eigenvalue weighted by Gasteiger charge is 2.49. The molecular weight excluding hydrogens is 230 g/mol. The van der Waals surface area contributed by atoms with Gasteiger partial charge < -0.3 is 10.5 Å². The zero-order valence-electron chi connectivity index (χ0n) is 10.6. The maximum absolute atomic E-state index is 12.2. The van der Waals surface area contributed by atoms with Crippen LogP contribution in [0.1, 0.15) is 19.8 Å². The van der Waals surface area contributed by atoms with Crippen molar-refractivity contribution in [1.29, 1.82) is 0 Å². The monoisotopic (exact) mass is 247 g/mol. The van der Waals surface area contributed by atoms with Gasteiger partial charge in [-0.1, -0.05) is 25.5 Å². The van der Waals surface area contributed by atoms with E-state index >= 15 is 0 Å². The summed E-state index contributed by atoms with van der Waals surface area (Å²) in [6, 6.07) is -0.343. The van der Waals surface area contributed by atoms with E-state index in [1.807, 2.05) is 13.0 Å². The first-order valence-corrected chi connectivity index (χ1v) is 6.02. The van der Waals surface area contributed by atoms with E-state index in [4.69, 9.17) is 10.5 Å². The van der Waals surface area contributed by atoms with Crippen molar-refractivity contribution in [3.05, 3.63) is 35.7 Å². The second-order valence-corrected chi connectivity index (χ2v) is 4.43. The molecule has 2 rings (SSSR count). The van der Waals surface area contributed by atoms with Crippen LogP contribution >= 0.6 is 0 Å². The molecule has 5 nitrogen and oxygen atoms in total. The van der Waals surface area contributed by atoms with E-state index in [1.165, 1.54) is 7.11 Å². The number of ether oxygens (including phenoxy) is 1. The minimum absolute atomic E-state index is 0.343. The number of carbonyl (C=O) groups is 1. The Balaban J connectivity index is 2.47. The summed E-state index contributed by atoms with van der Waals surface area (Å²) in [5.41, 5.74) is 6.69. The average molecular weight is 247 g/mol. The van der Waals surface area contributed by atoms with Crippen molar-refractivity contribution in [2.24, 2.45) is 21.4 Å².